The van der Waals surface area contributed by atoms with Gasteiger partial charge in [-0.25, -0.2) is 0 Å². The van der Waals surface area contributed by atoms with E-state index >= 15 is 0 Å². The summed E-state index contributed by atoms with van der Waals surface area (Å²) in [6, 6.07) is 0. The summed E-state index contributed by atoms with van der Waals surface area (Å²) in [5.41, 5.74) is 0.00463. The van der Waals surface area contributed by atoms with Crippen LogP contribution in [0.2, 0.25) is 0 Å². The third-order valence-electron chi connectivity index (χ3n) is 1.12. The molecule has 1 aliphatic rings. The maximum atomic E-state index is 10.5. The molecule has 0 N–H and O–H groups in total. The largest absolute Gasteiger partial charge is 0.287 e. The molecule has 1 nitrogen and oxygen atoms in total. The average molecular weight is 116 g/mol. The van der Waals surface area contributed by atoms with Gasteiger partial charge in [-0.15, -0.1) is 0 Å². The Balaban J connectivity index is 2.59. The Bertz CT molecular complexity index is 107. The van der Waals surface area contributed by atoms with Crippen LogP contribution in [0, 0.1) is 5.41 Å². The fourth-order valence-corrected chi connectivity index (χ4v) is 1.26. The van der Waals surface area contributed by atoms with Crippen molar-refractivity contribution in [1.82, 2.24) is 0 Å². The highest BCUT2D eigenvalue weighted by Gasteiger charge is 2.37. The summed E-state index contributed by atoms with van der Waals surface area (Å²) in [5, 5.41) is 0.340. The molecule has 0 aliphatic carbocycles. The van der Waals surface area contributed by atoms with Crippen molar-refractivity contribution in [3.05, 3.63) is 0 Å². The van der Waals surface area contributed by atoms with Crippen molar-refractivity contribution in [3.8, 4) is 0 Å². The molecule has 0 bridgehead atoms. The van der Waals surface area contributed by atoms with Crippen LogP contribution in [0.3, 0.4) is 0 Å². The van der Waals surface area contributed by atoms with Gasteiger partial charge in [-0.2, -0.15) is 0 Å². The minimum Gasteiger partial charge on any atom is -0.287 e. The highest BCUT2D eigenvalue weighted by molar-refractivity contribution is 8.15. The lowest BCUT2D eigenvalue weighted by molar-refractivity contribution is -0.118. The molecular formula is C5H8OS. The third-order valence-corrected chi connectivity index (χ3v) is 2.80. The quantitative estimate of drug-likeness (QED) is 0.474. The summed E-state index contributed by atoms with van der Waals surface area (Å²) >= 11 is 1.43. The second-order valence-electron chi connectivity index (χ2n) is 2.46. The molecule has 7 heavy (non-hydrogen) atoms. The van der Waals surface area contributed by atoms with Gasteiger partial charge in [-0.05, 0) is 0 Å². The first kappa shape index (κ1) is 5.16. The van der Waals surface area contributed by atoms with E-state index in [-0.39, 0.29) is 5.41 Å². The molecule has 1 saturated heterocycles. The molecule has 1 heterocycles. The number of carbonyl (C=O) groups excluding carboxylic acids is 1. The van der Waals surface area contributed by atoms with Gasteiger partial charge in [0.2, 0.25) is 0 Å². The van der Waals surface area contributed by atoms with Crippen LogP contribution in [0.15, 0.2) is 0 Å². The maximum absolute atomic E-state index is 10.5. The predicted molar refractivity (Wildman–Crippen MR) is 31.2 cm³/mol. The van der Waals surface area contributed by atoms with Crippen LogP contribution in [0.5, 0.6) is 0 Å². The molecule has 0 aromatic carbocycles. The summed E-state index contributed by atoms with van der Waals surface area (Å²) in [5.74, 6) is 1.01. The van der Waals surface area contributed by atoms with Gasteiger partial charge < -0.3 is 0 Å². The Morgan fingerprint density at radius 2 is 2.14 bits per heavy atom. The standard InChI is InChI=1S/C5H8OS/c1-5(2)3-7-4(5)6/h3H2,1-2H3. The minimum atomic E-state index is 0.00463. The maximum Gasteiger partial charge on any atom is 0.195 e. The summed E-state index contributed by atoms with van der Waals surface area (Å²) in [6.07, 6.45) is 0. The molecule has 2 heteroatoms. The lowest BCUT2D eigenvalue weighted by Gasteiger charge is -2.30. The summed E-state index contributed by atoms with van der Waals surface area (Å²) < 4.78 is 0. The molecule has 0 aromatic rings. The molecule has 0 atom stereocenters. The van der Waals surface area contributed by atoms with E-state index in [1.54, 1.807) is 0 Å². The van der Waals surface area contributed by atoms with Gasteiger partial charge in [0, 0.05) is 11.2 Å². The number of hydrogen-bond donors (Lipinski definition) is 0. The molecule has 0 unspecified atom stereocenters. The fraction of sp³-hybridized carbons (Fsp3) is 0.800. The van der Waals surface area contributed by atoms with Gasteiger partial charge in [-0.3, -0.25) is 4.79 Å². The zero-order chi connectivity index (χ0) is 5.49. The smallest absolute Gasteiger partial charge is 0.195 e. The van der Waals surface area contributed by atoms with Crippen molar-refractivity contribution < 1.29 is 4.79 Å². The normalized spacial score (nSPS) is 26.9. The first-order valence-corrected chi connectivity index (χ1v) is 3.29. The molecule has 1 aliphatic heterocycles. The number of hydrogen-bond acceptors (Lipinski definition) is 2. The van der Waals surface area contributed by atoms with E-state index in [1.807, 2.05) is 13.8 Å². The molecular weight excluding hydrogens is 108 g/mol. The zero-order valence-electron chi connectivity index (χ0n) is 4.52. The van der Waals surface area contributed by atoms with Crippen molar-refractivity contribution in [1.29, 1.82) is 0 Å². The lowest BCUT2D eigenvalue weighted by Crippen LogP contribution is -2.34. The summed E-state index contributed by atoms with van der Waals surface area (Å²) in [4.78, 5) is 10.5. The Hall–Kier alpha value is 0.0200. The molecule has 40 valence electrons. The molecule has 0 amide bonds. The Kier molecular flexibility index (Phi) is 0.921. The van der Waals surface area contributed by atoms with Crippen LogP contribution in [0.4, 0.5) is 0 Å². The number of carbonyl (C=O) groups is 1. The van der Waals surface area contributed by atoms with Crippen LogP contribution in [0.1, 0.15) is 13.8 Å². The highest BCUT2D eigenvalue weighted by Crippen LogP contribution is 2.38. The first-order chi connectivity index (χ1) is 3.13. The molecule has 0 aromatic heterocycles. The van der Waals surface area contributed by atoms with Crippen LogP contribution < -0.4 is 0 Å². The van der Waals surface area contributed by atoms with Crippen molar-refractivity contribution in [3.63, 3.8) is 0 Å². The fourth-order valence-electron chi connectivity index (χ4n) is 0.420. The average Bonchev–Trinajstić information content (AvgIpc) is 1.63. The number of thioether (sulfide) groups is 1. The molecule has 0 radical (unpaired) electrons. The van der Waals surface area contributed by atoms with Crippen molar-refractivity contribution >= 4 is 16.9 Å². The van der Waals surface area contributed by atoms with Crippen LogP contribution in [-0.4, -0.2) is 10.9 Å². The van der Waals surface area contributed by atoms with E-state index in [0.717, 1.165) is 5.75 Å². The molecule has 0 saturated carbocycles. The summed E-state index contributed by atoms with van der Waals surface area (Å²) in [7, 11) is 0. The van der Waals surface area contributed by atoms with Crippen LogP contribution in [-0.2, 0) is 4.79 Å². The van der Waals surface area contributed by atoms with E-state index in [2.05, 4.69) is 0 Å². The topological polar surface area (TPSA) is 17.1 Å². The van der Waals surface area contributed by atoms with Gasteiger partial charge in [0.1, 0.15) is 0 Å². The molecule has 1 rings (SSSR count). The monoisotopic (exact) mass is 116 g/mol. The van der Waals surface area contributed by atoms with Crippen LogP contribution in [0.25, 0.3) is 0 Å². The second kappa shape index (κ2) is 1.25. The molecule has 0 spiro atoms. The van der Waals surface area contributed by atoms with Gasteiger partial charge in [0.15, 0.2) is 5.12 Å². The molecule has 1 fully saturated rings. The second-order valence-corrected chi connectivity index (χ2v) is 3.41. The van der Waals surface area contributed by atoms with Gasteiger partial charge in [-0.1, -0.05) is 25.6 Å². The minimum absolute atomic E-state index is 0.00463. The first-order valence-electron chi connectivity index (χ1n) is 2.30. The van der Waals surface area contributed by atoms with E-state index < -0.39 is 0 Å². The van der Waals surface area contributed by atoms with E-state index in [1.165, 1.54) is 11.8 Å². The lowest BCUT2D eigenvalue weighted by atomic mass is 9.98. The Morgan fingerprint density at radius 1 is 1.71 bits per heavy atom. The Morgan fingerprint density at radius 3 is 2.14 bits per heavy atom. The predicted octanol–water partition coefficient (Wildman–Crippen LogP) is 1.29. The van der Waals surface area contributed by atoms with E-state index in [0.29, 0.717) is 5.12 Å². The highest BCUT2D eigenvalue weighted by atomic mass is 32.2. The van der Waals surface area contributed by atoms with Crippen molar-refractivity contribution in [2.45, 2.75) is 13.8 Å². The van der Waals surface area contributed by atoms with Gasteiger partial charge in [0.25, 0.3) is 0 Å². The van der Waals surface area contributed by atoms with E-state index in [9.17, 15) is 4.79 Å². The number of rotatable bonds is 0. The van der Waals surface area contributed by atoms with Gasteiger partial charge >= 0.3 is 0 Å². The summed E-state index contributed by atoms with van der Waals surface area (Å²) in [6.45, 7) is 3.96. The Labute approximate surface area is 47.5 Å². The SMILES string of the molecule is CC1(C)CSC1=O. The van der Waals surface area contributed by atoms with E-state index in [4.69, 9.17) is 0 Å². The zero-order valence-corrected chi connectivity index (χ0v) is 5.34. The van der Waals surface area contributed by atoms with Crippen LogP contribution >= 0.6 is 11.8 Å². The van der Waals surface area contributed by atoms with Crippen molar-refractivity contribution in [2.24, 2.45) is 5.41 Å². The van der Waals surface area contributed by atoms with Gasteiger partial charge in [0.05, 0.1) is 0 Å². The third kappa shape index (κ3) is 0.673. The van der Waals surface area contributed by atoms with Crippen molar-refractivity contribution in [2.75, 3.05) is 5.75 Å².